The first kappa shape index (κ1) is 24.2. The Labute approximate surface area is 216 Å². The predicted octanol–water partition coefficient (Wildman–Crippen LogP) is 4.89. The van der Waals surface area contributed by atoms with Gasteiger partial charge in [-0.05, 0) is 48.7 Å². The van der Waals surface area contributed by atoms with Gasteiger partial charge < -0.3 is 15.0 Å². The number of nitrogens with zero attached hydrogens (tertiary/aromatic N) is 3. The molecule has 1 fully saturated rings. The minimum Gasteiger partial charge on any atom is -0.497 e. The molecule has 0 unspecified atom stereocenters. The molecule has 1 aromatic heterocycles. The molecule has 0 bridgehead atoms. The zero-order valence-electron chi connectivity index (χ0n) is 20.6. The lowest BCUT2D eigenvalue weighted by atomic mass is 9.71. The molecule has 1 amide bonds. The Morgan fingerprint density at radius 1 is 0.838 bits per heavy atom. The largest absolute Gasteiger partial charge is 0.497 e. The van der Waals surface area contributed by atoms with Crippen molar-refractivity contribution in [1.29, 1.82) is 0 Å². The van der Waals surface area contributed by atoms with E-state index in [0.717, 1.165) is 5.56 Å². The zero-order chi connectivity index (χ0) is 25.7. The second-order valence-corrected chi connectivity index (χ2v) is 9.08. The summed E-state index contributed by atoms with van der Waals surface area (Å²) in [5.74, 6) is 1.16. The highest BCUT2D eigenvalue weighted by atomic mass is 16.5. The first-order valence-electron chi connectivity index (χ1n) is 12.3. The molecule has 1 saturated heterocycles. The van der Waals surface area contributed by atoms with Crippen molar-refractivity contribution in [2.24, 2.45) is 0 Å². The molecule has 3 aromatic carbocycles. The van der Waals surface area contributed by atoms with E-state index in [0.29, 0.717) is 54.4 Å². The first-order chi connectivity index (χ1) is 18.1. The van der Waals surface area contributed by atoms with E-state index in [1.165, 1.54) is 0 Å². The van der Waals surface area contributed by atoms with E-state index in [4.69, 9.17) is 4.74 Å². The molecule has 2 heterocycles. The topological polar surface area (TPSA) is 84.4 Å². The van der Waals surface area contributed by atoms with Crippen LogP contribution in [0.3, 0.4) is 0 Å². The van der Waals surface area contributed by atoms with Gasteiger partial charge in [-0.1, -0.05) is 54.6 Å². The monoisotopic (exact) mass is 492 g/mol. The normalized spacial score (nSPS) is 14.6. The average Bonchev–Trinajstić information content (AvgIpc) is 2.98. The summed E-state index contributed by atoms with van der Waals surface area (Å²) in [6, 6.07) is 25.7. The summed E-state index contributed by atoms with van der Waals surface area (Å²) in [4.78, 5) is 37.8. The summed E-state index contributed by atoms with van der Waals surface area (Å²) in [5.41, 5.74) is 1.83. The van der Waals surface area contributed by atoms with Crippen molar-refractivity contribution in [3.63, 3.8) is 0 Å². The van der Waals surface area contributed by atoms with Crippen LogP contribution in [0.5, 0.6) is 5.75 Å². The molecule has 7 heteroatoms. The smallest absolute Gasteiger partial charge is 0.235 e. The van der Waals surface area contributed by atoms with Crippen molar-refractivity contribution in [3.8, 4) is 5.75 Å². The summed E-state index contributed by atoms with van der Waals surface area (Å²) >= 11 is 0. The third-order valence-electron chi connectivity index (χ3n) is 6.93. The zero-order valence-corrected chi connectivity index (χ0v) is 20.6. The molecule has 0 spiro atoms. The second kappa shape index (κ2) is 10.6. The lowest BCUT2D eigenvalue weighted by Gasteiger charge is -2.41. The van der Waals surface area contributed by atoms with Crippen molar-refractivity contribution < 1.29 is 14.3 Å². The van der Waals surface area contributed by atoms with Crippen LogP contribution in [0.15, 0.2) is 97.3 Å². The van der Waals surface area contributed by atoms with Crippen LogP contribution in [0.4, 0.5) is 11.6 Å². The molecule has 37 heavy (non-hydrogen) atoms. The van der Waals surface area contributed by atoms with Crippen molar-refractivity contribution in [3.05, 3.63) is 114 Å². The third-order valence-corrected chi connectivity index (χ3v) is 6.93. The number of methoxy groups -OCH3 is 1. The predicted molar refractivity (Wildman–Crippen MR) is 143 cm³/mol. The van der Waals surface area contributed by atoms with Crippen molar-refractivity contribution in [2.45, 2.75) is 18.3 Å². The fraction of sp³-hybridized carbons (Fsp3) is 0.200. The standard InChI is InChI=1S/C30H28N4O3/c1-37-26-13-6-11-24(21-26)30(14-18-34(19-15-30)29-31-16-7-17-32-29)28(36)33-25-12-5-10-23(20-25)27(35)22-8-3-2-4-9-22/h2-13,16-17,20-21H,14-15,18-19H2,1H3,(H,33,36). The van der Waals surface area contributed by atoms with Crippen LogP contribution in [0.1, 0.15) is 34.3 Å². The van der Waals surface area contributed by atoms with Gasteiger partial charge in [-0.15, -0.1) is 0 Å². The third kappa shape index (κ3) is 5.07. The number of rotatable bonds is 7. The summed E-state index contributed by atoms with van der Waals surface area (Å²) < 4.78 is 5.46. The van der Waals surface area contributed by atoms with Crippen LogP contribution in [0, 0.1) is 0 Å². The number of hydrogen-bond donors (Lipinski definition) is 1. The number of benzene rings is 3. The highest BCUT2D eigenvalue weighted by Gasteiger charge is 2.43. The Morgan fingerprint density at radius 2 is 1.54 bits per heavy atom. The Bertz CT molecular complexity index is 1380. The number of carbonyl (C=O) groups is 2. The molecule has 0 saturated carbocycles. The van der Waals surface area contributed by atoms with Gasteiger partial charge in [0.1, 0.15) is 5.75 Å². The number of anilines is 2. The van der Waals surface area contributed by atoms with Crippen LogP contribution in [-0.2, 0) is 10.2 Å². The molecular weight excluding hydrogens is 464 g/mol. The quantitative estimate of drug-likeness (QED) is 0.370. The minimum absolute atomic E-state index is 0.0876. The fourth-order valence-corrected chi connectivity index (χ4v) is 4.86. The maximum atomic E-state index is 14.0. The Kier molecular flexibility index (Phi) is 6.94. The molecule has 186 valence electrons. The van der Waals surface area contributed by atoms with Crippen LogP contribution >= 0.6 is 0 Å². The Morgan fingerprint density at radius 3 is 2.27 bits per heavy atom. The number of carbonyl (C=O) groups excluding carboxylic acids is 2. The molecule has 0 aliphatic carbocycles. The Balaban J connectivity index is 1.42. The van der Waals surface area contributed by atoms with Crippen LogP contribution in [-0.4, -0.2) is 41.9 Å². The summed E-state index contributed by atoms with van der Waals surface area (Å²) in [6.45, 7) is 1.25. The maximum Gasteiger partial charge on any atom is 0.235 e. The maximum absolute atomic E-state index is 14.0. The van der Waals surface area contributed by atoms with E-state index in [1.807, 2.05) is 48.5 Å². The van der Waals surface area contributed by atoms with Crippen LogP contribution in [0.25, 0.3) is 0 Å². The number of nitrogens with one attached hydrogen (secondary N) is 1. The molecule has 0 atom stereocenters. The average molecular weight is 493 g/mol. The molecule has 1 N–H and O–H groups in total. The molecule has 0 radical (unpaired) electrons. The van der Waals surface area contributed by atoms with E-state index in [2.05, 4.69) is 20.2 Å². The number of ketones is 1. The van der Waals surface area contributed by atoms with Crippen molar-refractivity contribution in [1.82, 2.24) is 9.97 Å². The van der Waals surface area contributed by atoms with Gasteiger partial charge in [0.2, 0.25) is 11.9 Å². The van der Waals surface area contributed by atoms with Gasteiger partial charge in [-0.25, -0.2) is 9.97 Å². The molecule has 1 aliphatic heterocycles. The highest BCUT2D eigenvalue weighted by molar-refractivity contribution is 6.10. The van der Waals surface area contributed by atoms with Gasteiger partial charge in [-0.2, -0.15) is 0 Å². The summed E-state index contributed by atoms with van der Waals surface area (Å²) in [5, 5.41) is 3.11. The SMILES string of the molecule is COc1cccc(C2(C(=O)Nc3cccc(C(=O)c4ccccc4)c3)CCN(c3ncccn3)CC2)c1. The summed E-state index contributed by atoms with van der Waals surface area (Å²) in [7, 11) is 1.62. The van der Waals surface area contributed by atoms with Gasteiger partial charge in [0.25, 0.3) is 0 Å². The molecule has 4 aromatic rings. The lowest BCUT2D eigenvalue weighted by molar-refractivity contribution is -0.122. The lowest BCUT2D eigenvalue weighted by Crippen LogP contribution is -2.50. The molecule has 5 rings (SSSR count). The Hall–Kier alpha value is -4.52. The number of amides is 1. The van der Waals surface area contributed by atoms with E-state index < -0.39 is 5.41 Å². The minimum atomic E-state index is -0.779. The molecule has 1 aliphatic rings. The van der Waals surface area contributed by atoms with Gasteiger partial charge in [-0.3, -0.25) is 9.59 Å². The van der Waals surface area contributed by atoms with E-state index in [-0.39, 0.29) is 11.7 Å². The summed E-state index contributed by atoms with van der Waals surface area (Å²) in [6.07, 6.45) is 4.60. The van der Waals surface area contributed by atoms with E-state index in [9.17, 15) is 9.59 Å². The number of hydrogen-bond acceptors (Lipinski definition) is 6. The van der Waals surface area contributed by atoms with Crippen LogP contribution < -0.4 is 15.0 Å². The number of ether oxygens (including phenoxy) is 1. The van der Waals surface area contributed by atoms with Gasteiger partial charge in [0, 0.05) is 42.3 Å². The van der Waals surface area contributed by atoms with E-state index >= 15 is 0 Å². The second-order valence-electron chi connectivity index (χ2n) is 9.08. The van der Waals surface area contributed by atoms with Crippen molar-refractivity contribution in [2.75, 3.05) is 30.4 Å². The van der Waals surface area contributed by atoms with Gasteiger partial charge >= 0.3 is 0 Å². The first-order valence-corrected chi connectivity index (χ1v) is 12.3. The van der Waals surface area contributed by atoms with Gasteiger partial charge in [0.15, 0.2) is 5.78 Å². The molecule has 7 nitrogen and oxygen atoms in total. The fourth-order valence-electron chi connectivity index (χ4n) is 4.86. The van der Waals surface area contributed by atoms with Crippen molar-refractivity contribution >= 4 is 23.3 Å². The number of piperidine rings is 1. The van der Waals surface area contributed by atoms with E-state index in [1.54, 1.807) is 55.9 Å². The molecular formula is C30H28N4O3. The highest BCUT2D eigenvalue weighted by Crippen LogP contribution is 2.39. The van der Waals surface area contributed by atoms with Crippen LogP contribution in [0.2, 0.25) is 0 Å². The number of aromatic nitrogens is 2. The van der Waals surface area contributed by atoms with Gasteiger partial charge in [0.05, 0.1) is 12.5 Å².